The molecule has 6 nitrogen and oxygen atoms in total. The first-order valence-corrected chi connectivity index (χ1v) is 8.09. The molecule has 0 aromatic heterocycles. The van der Waals surface area contributed by atoms with E-state index in [-0.39, 0.29) is 24.1 Å². The standard InChI is InChI=1S/C17H21N3O3/c21-15-11-13(12-5-1-2-6-14(12)19-15)17(23)18-8-7-16(22)20-9-3-4-10-20/h1-2,5-6,13H,3-4,7-11H2,(H,18,23)(H,19,21). The van der Waals surface area contributed by atoms with Crippen LogP contribution in [0.15, 0.2) is 24.3 Å². The summed E-state index contributed by atoms with van der Waals surface area (Å²) in [5.74, 6) is -0.745. The van der Waals surface area contributed by atoms with Gasteiger partial charge in [0.1, 0.15) is 0 Å². The molecule has 0 saturated carbocycles. The topological polar surface area (TPSA) is 78.5 Å². The van der Waals surface area contributed by atoms with Crippen molar-refractivity contribution in [3.8, 4) is 0 Å². The van der Waals surface area contributed by atoms with Gasteiger partial charge in [0.05, 0.1) is 5.92 Å². The predicted octanol–water partition coefficient (Wildman–Crippen LogP) is 1.24. The summed E-state index contributed by atoms with van der Waals surface area (Å²) in [4.78, 5) is 37.9. The number of benzene rings is 1. The lowest BCUT2D eigenvalue weighted by atomic mass is 9.90. The van der Waals surface area contributed by atoms with Crippen LogP contribution in [-0.4, -0.2) is 42.3 Å². The van der Waals surface area contributed by atoms with Crippen molar-refractivity contribution in [1.29, 1.82) is 0 Å². The second-order valence-corrected chi connectivity index (χ2v) is 6.02. The summed E-state index contributed by atoms with van der Waals surface area (Å²) < 4.78 is 0. The van der Waals surface area contributed by atoms with Crippen LogP contribution in [-0.2, 0) is 14.4 Å². The number of nitrogens with one attached hydrogen (secondary N) is 2. The second kappa shape index (κ2) is 6.81. The molecule has 6 heteroatoms. The van der Waals surface area contributed by atoms with Crippen molar-refractivity contribution in [2.75, 3.05) is 25.0 Å². The summed E-state index contributed by atoms with van der Waals surface area (Å²) in [5, 5.41) is 5.58. The highest BCUT2D eigenvalue weighted by Gasteiger charge is 2.30. The minimum atomic E-state index is -0.484. The summed E-state index contributed by atoms with van der Waals surface area (Å²) in [5.41, 5.74) is 1.52. The van der Waals surface area contributed by atoms with E-state index in [0.717, 1.165) is 31.5 Å². The van der Waals surface area contributed by atoms with Gasteiger partial charge in [-0.25, -0.2) is 0 Å². The Bertz CT molecular complexity index is 623. The first-order chi connectivity index (χ1) is 11.1. The number of carbonyl (C=O) groups excluding carboxylic acids is 3. The highest BCUT2D eigenvalue weighted by molar-refractivity contribution is 6.01. The van der Waals surface area contributed by atoms with E-state index in [1.165, 1.54) is 0 Å². The fourth-order valence-electron chi connectivity index (χ4n) is 3.19. The van der Waals surface area contributed by atoms with Gasteiger partial charge in [-0.3, -0.25) is 14.4 Å². The van der Waals surface area contributed by atoms with Crippen molar-refractivity contribution in [3.05, 3.63) is 29.8 Å². The molecule has 1 atom stereocenters. The van der Waals surface area contributed by atoms with Gasteiger partial charge in [0.15, 0.2) is 0 Å². The normalized spacial score (nSPS) is 19.9. The fourth-order valence-corrected chi connectivity index (χ4v) is 3.19. The highest BCUT2D eigenvalue weighted by atomic mass is 16.2. The number of nitrogens with zero attached hydrogens (tertiary/aromatic N) is 1. The zero-order valence-electron chi connectivity index (χ0n) is 13.0. The molecular formula is C17H21N3O3. The second-order valence-electron chi connectivity index (χ2n) is 6.02. The Kier molecular flexibility index (Phi) is 4.60. The molecule has 2 N–H and O–H groups in total. The Labute approximate surface area is 135 Å². The summed E-state index contributed by atoms with van der Waals surface area (Å²) in [6.45, 7) is 1.96. The number of hydrogen-bond acceptors (Lipinski definition) is 3. The number of anilines is 1. The monoisotopic (exact) mass is 315 g/mol. The number of likely N-dealkylation sites (tertiary alicyclic amines) is 1. The van der Waals surface area contributed by atoms with Gasteiger partial charge in [0, 0.05) is 38.2 Å². The molecule has 1 unspecified atom stereocenters. The third-order valence-corrected chi connectivity index (χ3v) is 4.41. The zero-order chi connectivity index (χ0) is 16.2. The van der Waals surface area contributed by atoms with Crippen LogP contribution in [0.4, 0.5) is 5.69 Å². The quantitative estimate of drug-likeness (QED) is 0.877. The zero-order valence-corrected chi connectivity index (χ0v) is 13.0. The van der Waals surface area contributed by atoms with E-state index in [1.807, 2.05) is 23.1 Å². The molecule has 3 amide bonds. The predicted molar refractivity (Wildman–Crippen MR) is 85.9 cm³/mol. The molecule has 2 aliphatic heterocycles. The van der Waals surface area contributed by atoms with Gasteiger partial charge in [-0.2, -0.15) is 0 Å². The van der Waals surface area contributed by atoms with E-state index < -0.39 is 5.92 Å². The van der Waals surface area contributed by atoms with Crippen LogP contribution in [0.25, 0.3) is 0 Å². The van der Waals surface area contributed by atoms with E-state index >= 15 is 0 Å². The van der Waals surface area contributed by atoms with Gasteiger partial charge in [0.25, 0.3) is 0 Å². The number of rotatable bonds is 4. The average molecular weight is 315 g/mol. The smallest absolute Gasteiger partial charge is 0.228 e. The van der Waals surface area contributed by atoms with Crippen molar-refractivity contribution in [1.82, 2.24) is 10.2 Å². The van der Waals surface area contributed by atoms with Crippen molar-refractivity contribution in [2.24, 2.45) is 0 Å². The SMILES string of the molecule is O=C1CC(C(=O)NCCC(=O)N2CCCC2)c2ccccc2N1. The van der Waals surface area contributed by atoms with Gasteiger partial charge in [-0.15, -0.1) is 0 Å². The van der Waals surface area contributed by atoms with E-state index in [2.05, 4.69) is 10.6 Å². The van der Waals surface area contributed by atoms with Gasteiger partial charge in [-0.05, 0) is 24.5 Å². The molecule has 0 spiro atoms. The van der Waals surface area contributed by atoms with Crippen LogP contribution in [0.3, 0.4) is 0 Å². The largest absolute Gasteiger partial charge is 0.355 e. The molecule has 0 aliphatic carbocycles. The summed E-state index contributed by atoms with van der Waals surface area (Å²) >= 11 is 0. The van der Waals surface area contributed by atoms with Gasteiger partial charge < -0.3 is 15.5 Å². The van der Waals surface area contributed by atoms with Crippen LogP contribution in [0, 0.1) is 0 Å². The fraction of sp³-hybridized carbons (Fsp3) is 0.471. The number of para-hydroxylation sites is 1. The van der Waals surface area contributed by atoms with Crippen molar-refractivity contribution < 1.29 is 14.4 Å². The van der Waals surface area contributed by atoms with Crippen LogP contribution in [0.2, 0.25) is 0 Å². The lowest BCUT2D eigenvalue weighted by Gasteiger charge is -2.24. The summed E-state index contributed by atoms with van der Waals surface area (Å²) in [7, 11) is 0. The number of carbonyl (C=O) groups is 3. The molecule has 2 heterocycles. The first-order valence-electron chi connectivity index (χ1n) is 8.09. The molecule has 122 valence electrons. The molecule has 0 bridgehead atoms. The van der Waals surface area contributed by atoms with E-state index in [4.69, 9.17) is 0 Å². The third kappa shape index (κ3) is 3.52. The lowest BCUT2D eigenvalue weighted by Crippen LogP contribution is -2.37. The lowest BCUT2D eigenvalue weighted by molar-refractivity contribution is -0.130. The Morgan fingerprint density at radius 1 is 1.22 bits per heavy atom. The molecule has 2 aliphatic rings. The maximum absolute atomic E-state index is 12.4. The Hall–Kier alpha value is -2.37. The summed E-state index contributed by atoms with van der Waals surface area (Å²) in [6, 6.07) is 7.33. The Morgan fingerprint density at radius 3 is 2.74 bits per heavy atom. The molecule has 1 aromatic carbocycles. The molecule has 1 saturated heterocycles. The first kappa shape index (κ1) is 15.5. The summed E-state index contributed by atoms with van der Waals surface area (Å²) in [6.07, 6.45) is 2.58. The Morgan fingerprint density at radius 2 is 1.96 bits per heavy atom. The maximum Gasteiger partial charge on any atom is 0.228 e. The van der Waals surface area contributed by atoms with Crippen LogP contribution >= 0.6 is 0 Å². The number of hydrogen-bond donors (Lipinski definition) is 2. The van der Waals surface area contributed by atoms with E-state index in [9.17, 15) is 14.4 Å². The van der Waals surface area contributed by atoms with Gasteiger partial charge in [-0.1, -0.05) is 18.2 Å². The highest BCUT2D eigenvalue weighted by Crippen LogP contribution is 2.31. The molecule has 1 fully saturated rings. The minimum absolute atomic E-state index is 0.0876. The Balaban J connectivity index is 1.56. The van der Waals surface area contributed by atoms with Crippen LogP contribution in [0.1, 0.15) is 37.2 Å². The molecule has 3 rings (SSSR count). The van der Waals surface area contributed by atoms with Crippen molar-refractivity contribution in [3.63, 3.8) is 0 Å². The van der Waals surface area contributed by atoms with Crippen LogP contribution < -0.4 is 10.6 Å². The van der Waals surface area contributed by atoms with E-state index in [0.29, 0.717) is 18.7 Å². The van der Waals surface area contributed by atoms with E-state index in [1.54, 1.807) is 6.07 Å². The maximum atomic E-state index is 12.4. The molecule has 0 radical (unpaired) electrons. The van der Waals surface area contributed by atoms with Gasteiger partial charge in [0.2, 0.25) is 17.7 Å². The van der Waals surface area contributed by atoms with Crippen molar-refractivity contribution >= 4 is 23.4 Å². The molecule has 1 aromatic rings. The average Bonchev–Trinajstić information content (AvgIpc) is 3.08. The number of amides is 3. The molecular weight excluding hydrogens is 294 g/mol. The van der Waals surface area contributed by atoms with Crippen LogP contribution in [0.5, 0.6) is 0 Å². The van der Waals surface area contributed by atoms with Crippen molar-refractivity contribution in [2.45, 2.75) is 31.6 Å². The van der Waals surface area contributed by atoms with Gasteiger partial charge >= 0.3 is 0 Å². The number of fused-ring (bicyclic) bond motifs is 1. The minimum Gasteiger partial charge on any atom is -0.355 e. The third-order valence-electron chi connectivity index (χ3n) is 4.41. The molecule has 23 heavy (non-hydrogen) atoms.